The zero-order valence-corrected chi connectivity index (χ0v) is 25.7. The zero-order valence-electron chi connectivity index (χ0n) is 25.7. The summed E-state index contributed by atoms with van der Waals surface area (Å²) in [6.45, 7) is 0. The van der Waals surface area contributed by atoms with Gasteiger partial charge in [-0.2, -0.15) is 5.26 Å². The summed E-state index contributed by atoms with van der Waals surface area (Å²) in [5, 5.41) is 11.6. The van der Waals surface area contributed by atoms with E-state index in [-0.39, 0.29) is 0 Å². The topological polar surface area (TPSA) is 30.3 Å². The molecular weight excluding hydrogens is 558 g/mol. The molecule has 0 aromatic heterocycles. The van der Waals surface area contributed by atoms with Gasteiger partial charge < -0.3 is 9.80 Å². The normalized spacial score (nSPS) is 12.5. The minimum absolute atomic E-state index is 0.667. The molecule has 7 rings (SSSR count). The van der Waals surface area contributed by atoms with Crippen LogP contribution in [-0.4, -0.2) is 7.05 Å². The molecule has 0 unspecified atom stereocenters. The number of anilines is 4. The predicted molar refractivity (Wildman–Crippen MR) is 193 cm³/mol. The SMILES string of the molecule is CN(C1=CC=C(c2ccc(N(c3ccc(-c4ccccc4)cc3)c3cccc4ccccc34)cc2)C=CC1)c1ccc(C#N)cc1. The molecule has 1 aliphatic rings. The second kappa shape index (κ2) is 12.9. The molecule has 0 saturated carbocycles. The number of hydrogen-bond acceptors (Lipinski definition) is 3. The van der Waals surface area contributed by atoms with E-state index in [1.54, 1.807) is 0 Å². The van der Waals surface area contributed by atoms with Gasteiger partial charge >= 0.3 is 0 Å². The van der Waals surface area contributed by atoms with Gasteiger partial charge in [0.2, 0.25) is 0 Å². The smallest absolute Gasteiger partial charge is 0.0991 e. The van der Waals surface area contributed by atoms with Crippen LogP contribution in [-0.2, 0) is 0 Å². The van der Waals surface area contributed by atoms with Crippen molar-refractivity contribution in [2.24, 2.45) is 0 Å². The number of rotatable bonds is 7. The van der Waals surface area contributed by atoms with Crippen molar-refractivity contribution in [1.29, 1.82) is 5.26 Å². The van der Waals surface area contributed by atoms with Crippen LogP contribution in [0.4, 0.5) is 22.7 Å². The summed E-state index contributed by atoms with van der Waals surface area (Å²) in [4.78, 5) is 4.53. The summed E-state index contributed by atoms with van der Waals surface area (Å²) in [5.74, 6) is 0. The quantitative estimate of drug-likeness (QED) is 0.185. The van der Waals surface area contributed by atoms with Gasteiger partial charge in [-0.05, 0) is 88.3 Å². The lowest BCUT2D eigenvalue weighted by Crippen LogP contribution is -2.15. The molecule has 1 aliphatic carbocycles. The van der Waals surface area contributed by atoms with Crippen LogP contribution in [0.25, 0.3) is 27.5 Å². The Morgan fingerprint density at radius 3 is 1.89 bits per heavy atom. The van der Waals surface area contributed by atoms with Gasteiger partial charge in [-0.1, -0.05) is 109 Å². The lowest BCUT2D eigenvalue weighted by Gasteiger charge is -2.27. The van der Waals surface area contributed by atoms with Gasteiger partial charge in [0, 0.05) is 41.6 Å². The fourth-order valence-corrected chi connectivity index (χ4v) is 6.05. The molecule has 0 bridgehead atoms. The van der Waals surface area contributed by atoms with Crippen LogP contribution in [0.3, 0.4) is 0 Å². The molecule has 0 saturated heterocycles. The van der Waals surface area contributed by atoms with Crippen LogP contribution in [0, 0.1) is 11.3 Å². The zero-order chi connectivity index (χ0) is 31.3. The molecule has 0 radical (unpaired) electrons. The third-order valence-corrected chi connectivity index (χ3v) is 8.59. The molecule has 0 amide bonds. The number of fused-ring (bicyclic) bond motifs is 1. The Bertz CT molecular complexity index is 2110. The van der Waals surface area contributed by atoms with Crippen LogP contribution in [0.2, 0.25) is 0 Å². The van der Waals surface area contributed by atoms with Crippen molar-refractivity contribution in [3.8, 4) is 17.2 Å². The maximum atomic E-state index is 9.15. The van der Waals surface area contributed by atoms with E-state index in [0.717, 1.165) is 34.7 Å². The molecule has 3 heteroatoms. The lowest BCUT2D eigenvalue weighted by atomic mass is 10.0. The van der Waals surface area contributed by atoms with E-state index in [1.807, 2.05) is 24.3 Å². The molecular formula is C43H33N3. The molecule has 0 atom stereocenters. The molecule has 0 fully saturated rings. The Morgan fingerprint density at radius 1 is 0.565 bits per heavy atom. The van der Waals surface area contributed by atoms with Gasteiger partial charge in [0.1, 0.15) is 0 Å². The van der Waals surface area contributed by atoms with Gasteiger partial charge in [0.15, 0.2) is 0 Å². The minimum Gasteiger partial charge on any atom is -0.348 e. The number of allylic oxidation sites excluding steroid dienone is 5. The average molecular weight is 592 g/mol. The summed E-state index contributed by atoms with van der Waals surface area (Å²) in [7, 11) is 2.07. The van der Waals surface area contributed by atoms with E-state index in [4.69, 9.17) is 5.26 Å². The highest BCUT2D eigenvalue weighted by Gasteiger charge is 2.16. The van der Waals surface area contributed by atoms with Crippen molar-refractivity contribution in [3.05, 3.63) is 187 Å². The molecule has 0 spiro atoms. The molecule has 0 aliphatic heterocycles. The highest BCUT2D eigenvalue weighted by molar-refractivity contribution is 5.99. The molecule has 0 N–H and O–H groups in total. The fourth-order valence-electron chi connectivity index (χ4n) is 6.05. The summed E-state index contributed by atoms with van der Waals surface area (Å²) in [5.41, 5.74) is 11.0. The first kappa shape index (κ1) is 28.6. The van der Waals surface area contributed by atoms with Crippen LogP contribution in [0.15, 0.2) is 176 Å². The number of nitriles is 1. The first-order valence-corrected chi connectivity index (χ1v) is 15.5. The highest BCUT2D eigenvalue weighted by Crippen LogP contribution is 2.40. The maximum absolute atomic E-state index is 9.15. The van der Waals surface area contributed by atoms with Gasteiger partial charge in [-0.3, -0.25) is 0 Å². The Labute approximate surface area is 270 Å². The van der Waals surface area contributed by atoms with Crippen LogP contribution in [0.5, 0.6) is 0 Å². The summed E-state index contributed by atoms with van der Waals surface area (Å²) < 4.78 is 0. The standard InChI is InChI=1S/C43H33N3/c1-45(39-24-17-32(31-44)18-25-39)38-14-7-12-34(19-26-38)36-22-29-41(30-23-36)46(43-16-8-13-37-11-5-6-15-42(37)43)40-27-20-35(21-28-40)33-9-3-2-4-10-33/h2-13,15-30H,14H2,1H3. The van der Waals surface area contributed by atoms with Crippen LogP contribution >= 0.6 is 0 Å². The van der Waals surface area contributed by atoms with Crippen LogP contribution in [0.1, 0.15) is 17.5 Å². The Balaban J connectivity index is 1.22. The number of benzene rings is 6. The van der Waals surface area contributed by atoms with Crippen molar-refractivity contribution in [2.45, 2.75) is 6.42 Å². The van der Waals surface area contributed by atoms with Crippen molar-refractivity contribution < 1.29 is 0 Å². The van der Waals surface area contributed by atoms with E-state index in [9.17, 15) is 0 Å². The van der Waals surface area contributed by atoms with E-state index in [1.165, 1.54) is 33.2 Å². The van der Waals surface area contributed by atoms with E-state index in [2.05, 4.69) is 169 Å². The van der Waals surface area contributed by atoms with Crippen LogP contribution < -0.4 is 9.80 Å². The molecule has 6 aromatic rings. The molecule has 3 nitrogen and oxygen atoms in total. The Kier molecular flexibility index (Phi) is 8.01. The fraction of sp³-hybridized carbons (Fsp3) is 0.0465. The van der Waals surface area contributed by atoms with Crippen molar-refractivity contribution in [1.82, 2.24) is 0 Å². The van der Waals surface area contributed by atoms with Crippen molar-refractivity contribution in [3.63, 3.8) is 0 Å². The van der Waals surface area contributed by atoms with Gasteiger partial charge in [-0.25, -0.2) is 0 Å². The Morgan fingerprint density at radius 2 is 1.17 bits per heavy atom. The van der Waals surface area contributed by atoms with Gasteiger partial charge in [0.25, 0.3) is 0 Å². The number of nitrogens with zero attached hydrogens (tertiary/aromatic N) is 3. The molecule has 220 valence electrons. The van der Waals surface area contributed by atoms with Gasteiger partial charge in [-0.15, -0.1) is 0 Å². The predicted octanol–water partition coefficient (Wildman–Crippen LogP) is 11.2. The first-order chi connectivity index (χ1) is 22.7. The largest absolute Gasteiger partial charge is 0.348 e. The average Bonchev–Trinajstić information content (AvgIpc) is 3.39. The van der Waals surface area contributed by atoms with Crippen molar-refractivity contribution in [2.75, 3.05) is 16.8 Å². The monoisotopic (exact) mass is 591 g/mol. The van der Waals surface area contributed by atoms with E-state index in [0.29, 0.717) is 5.56 Å². The van der Waals surface area contributed by atoms with Crippen molar-refractivity contribution >= 4 is 39.1 Å². The Hall–Kier alpha value is -6.11. The van der Waals surface area contributed by atoms with Gasteiger partial charge in [0.05, 0.1) is 17.3 Å². The minimum atomic E-state index is 0.667. The van der Waals surface area contributed by atoms with E-state index < -0.39 is 0 Å². The summed E-state index contributed by atoms with van der Waals surface area (Å²) >= 11 is 0. The third kappa shape index (κ3) is 5.85. The lowest BCUT2D eigenvalue weighted by molar-refractivity contribution is 1.03. The summed E-state index contributed by atoms with van der Waals surface area (Å²) in [6.07, 6.45) is 9.63. The molecule has 46 heavy (non-hydrogen) atoms. The second-order valence-electron chi connectivity index (χ2n) is 11.4. The maximum Gasteiger partial charge on any atom is 0.0991 e. The summed E-state index contributed by atoms with van der Waals surface area (Å²) in [6, 6.07) is 53.2. The number of hydrogen-bond donors (Lipinski definition) is 0. The first-order valence-electron chi connectivity index (χ1n) is 15.5. The second-order valence-corrected chi connectivity index (χ2v) is 11.4. The molecule has 0 heterocycles. The molecule has 6 aromatic carbocycles. The highest BCUT2D eigenvalue weighted by atomic mass is 15.1. The van der Waals surface area contributed by atoms with E-state index >= 15 is 0 Å². The third-order valence-electron chi connectivity index (χ3n) is 8.59.